The van der Waals surface area contributed by atoms with Crippen molar-refractivity contribution in [3.8, 4) is 0 Å². The fourth-order valence-corrected chi connectivity index (χ4v) is 1.37. The molecule has 1 aromatic carbocycles. The molecule has 0 bridgehead atoms. The summed E-state index contributed by atoms with van der Waals surface area (Å²) in [6.45, 7) is 2.95. The molecular weight excluding hydrogens is 210 g/mol. The minimum absolute atomic E-state index is 0.163. The van der Waals surface area contributed by atoms with Crippen molar-refractivity contribution >= 4 is 12.6 Å². The predicted molar refractivity (Wildman–Crippen MR) is 60.8 cm³/mol. The molecule has 0 aliphatic rings. The van der Waals surface area contributed by atoms with E-state index in [1.807, 2.05) is 0 Å². The van der Waals surface area contributed by atoms with Gasteiger partial charge in [0.15, 0.2) is 0 Å². The van der Waals surface area contributed by atoms with Crippen molar-refractivity contribution in [3.05, 3.63) is 29.6 Å². The Balaban J connectivity index is 2.64. The van der Waals surface area contributed by atoms with E-state index in [1.165, 1.54) is 12.1 Å². The zero-order valence-electron chi connectivity index (χ0n) is 9.32. The van der Waals surface area contributed by atoms with Crippen molar-refractivity contribution in [1.29, 1.82) is 0 Å². The van der Waals surface area contributed by atoms with Gasteiger partial charge in [0, 0.05) is 6.61 Å². The Labute approximate surface area is 95.0 Å². The monoisotopic (exact) mass is 226 g/mol. The quantitative estimate of drug-likeness (QED) is 0.557. The topological polar surface area (TPSA) is 49.7 Å². The molecule has 0 spiro atoms. The lowest BCUT2D eigenvalue weighted by molar-refractivity contribution is 0.118. The van der Waals surface area contributed by atoms with Gasteiger partial charge < -0.3 is 14.8 Å². The smallest absolute Gasteiger partial charge is 0.423 e. The molecule has 0 heterocycles. The zero-order valence-corrected chi connectivity index (χ0v) is 9.32. The summed E-state index contributed by atoms with van der Waals surface area (Å²) < 4.78 is 18.2. The van der Waals surface area contributed by atoms with Gasteiger partial charge in [-0.15, -0.1) is 0 Å². The van der Waals surface area contributed by atoms with Crippen LogP contribution in [-0.2, 0) is 11.3 Å². The Bertz CT molecular complexity index is 331. The van der Waals surface area contributed by atoms with Gasteiger partial charge in [-0.05, 0) is 29.6 Å². The van der Waals surface area contributed by atoms with Crippen LogP contribution in [-0.4, -0.2) is 23.8 Å². The average molecular weight is 226 g/mol. The lowest BCUT2D eigenvalue weighted by Gasteiger charge is -2.09. The summed E-state index contributed by atoms with van der Waals surface area (Å²) in [6, 6.07) is 3.91. The van der Waals surface area contributed by atoms with Crippen molar-refractivity contribution < 1.29 is 19.2 Å². The van der Waals surface area contributed by atoms with Crippen LogP contribution in [0.2, 0.25) is 0 Å². The van der Waals surface area contributed by atoms with Crippen LogP contribution in [0.4, 0.5) is 4.39 Å². The molecule has 2 N–H and O–H groups in total. The van der Waals surface area contributed by atoms with Gasteiger partial charge in [-0.2, -0.15) is 0 Å². The summed E-state index contributed by atoms with van der Waals surface area (Å²) in [5.41, 5.74) is 0.768. The molecule has 88 valence electrons. The molecular formula is C11H16BFO3. The molecule has 0 radical (unpaired) electrons. The molecule has 0 unspecified atom stereocenters. The second-order valence-corrected chi connectivity index (χ2v) is 3.62. The maximum Gasteiger partial charge on any atom is 0.488 e. The van der Waals surface area contributed by atoms with Crippen LogP contribution in [0.25, 0.3) is 0 Å². The second-order valence-electron chi connectivity index (χ2n) is 3.62. The molecule has 0 saturated carbocycles. The molecule has 0 aliphatic heterocycles. The molecule has 3 nitrogen and oxygen atoms in total. The van der Waals surface area contributed by atoms with Gasteiger partial charge >= 0.3 is 7.12 Å². The summed E-state index contributed by atoms with van der Waals surface area (Å²) in [7, 11) is -1.67. The van der Waals surface area contributed by atoms with E-state index < -0.39 is 12.9 Å². The molecule has 0 fully saturated rings. The lowest BCUT2D eigenvalue weighted by Crippen LogP contribution is -2.33. The highest BCUT2D eigenvalue weighted by molar-refractivity contribution is 6.59. The molecule has 0 atom stereocenters. The van der Waals surface area contributed by atoms with Crippen LogP contribution < -0.4 is 5.46 Å². The highest BCUT2D eigenvalue weighted by Gasteiger charge is 2.16. The molecule has 0 aliphatic carbocycles. The van der Waals surface area contributed by atoms with Crippen molar-refractivity contribution in [1.82, 2.24) is 0 Å². The van der Waals surface area contributed by atoms with Crippen LogP contribution >= 0.6 is 0 Å². The molecule has 16 heavy (non-hydrogen) atoms. The van der Waals surface area contributed by atoms with Gasteiger partial charge in [0.05, 0.1) is 6.61 Å². The number of rotatable bonds is 6. The van der Waals surface area contributed by atoms with Crippen LogP contribution in [0.15, 0.2) is 18.2 Å². The lowest BCUT2D eigenvalue weighted by atomic mass is 9.77. The van der Waals surface area contributed by atoms with E-state index in [2.05, 4.69) is 6.92 Å². The van der Waals surface area contributed by atoms with E-state index in [0.717, 1.165) is 18.9 Å². The molecule has 1 aromatic rings. The fourth-order valence-electron chi connectivity index (χ4n) is 1.37. The number of unbranched alkanes of at least 4 members (excludes halogenated alkanes) is 1. The highest BCUT2D eigenvalue weighted by atomic mass is 19.1. The first-order chi connectivity index (χ1) is 7.65. The molecule has 0 aromatic heterocycles. The molecule has 0 saturated heterocycles. The largest absolute Gasteiger partial charge is 0.488 e. The third-order valence-corrected chi connectivity index (χ3v) is 2.29. The van der Waals surface area contributed by atoms with Crippen LogP contribution in [0, 0.1) is 5.82 Å². The van der Waals surface area contributed by atoms with Gasteiger partial charge in [0.25, 0.3) is 0 Å². The Morgan fingerprint density at radius 2 is 2.12 bits per heavy atom. The normalized spacial score (nSPS) is 10.5. The predicted octanol–water partition coefficient (Wildman–Crippen LogP) is 0.822. The summed E-state index contributed by atoms with van der Waals surface area (Å²) in [5, 5.41) is 18.1. The summed E-state index contributed by atoms with van der Waals surface area (Å²) in [5.74, 6) is -0.486. The summed E-state index contributed by atoms with van der Waals surface area (Å²) >= 11 is 0. The number of benzene rings is 1. The molecule has 5 heteroatoms. The second kappa shape index (κ2) is 6.63. The Kier molecular flexibility index (Phi) is 5.45. The van der Waals surface area contributed by atoms with Crippen molar-refractivity contribution in [2.24, 2.45) is 0 Å². The van der Waals surface area contributed by atoms with Crippen molar-refractivity contribution in [3.63, 3.8) is 0 Å². The van der Waals surface area contributed by atoms with Gasteiger partial charge in [-0.3, -0.25) is 0 Å². The van der Waals surface area contributed by atoms with Crippen molar-refractivity contribution in [2.45, 2.75) is 26.4 Å². The average Bonchev–Trinajstić information content (AvgIpc) is 2.26. The minimum atomic E-state index is -1.67. The summed E-state index contributed by atoms with van der Waals surface area (Å²) in [6.07, 6.45) is 2.00. The van der Waals surface area contributed by atoms with Gasteiger partial charge in [0.1, 0.15) is 5.82 Å². The van der Waals surface area contributed by atoms with Gasteiger partial charge in [-0.25, -0.2) is 4.39 Å². The van der Waals surface area contributed by atoms with Crippen LogP contribution in [0.3, 0.4) is 0 Å². The third-order valence-electron chi connectivity index (χ3n) is 2.29. The van der Waals surface area contributed by atoms with E-state index in [9.17, 15) is 4.39 Å². The van der Waals surface area contributed by atoms with Gasteiger partial charge in [-0.1, -0.05) is 19.4 Å². The fraction of sp³-hybridized carbons (Fsp3) is 0.455. The van der Waals surface area contributed by atoms with E-state index in [4.69, 9.17) is 14.8 Å². The number of ether oxygens (including phenoxy) is 1. The SMILES string of the molecule is CCCCOCc1ccc(F)cc1B(O)O. The third kappa shape index (κ3) is 3.92. The Morgan fingerprint density at radius 3 is 2.75 bits per heavy atom. The first-order valence-electron chi connectivity index (χ1n) is 5.37. The van der Waals surface area contributed by atoms with E-state index in [0.29, 0.717) is 12.2 Å². The first kappa shape index (κ1) is 13.2. The number of hydrogen-bond donors (Lipinski definition) is 2. The van der Waals surface area contributed by atoms with Crippen molar-refractivity contribution in [2.75, 3.05) is 6.61 Å². The van der Waals surface area contributed by atoms with Gasteiger partial charge in [0.2, 0.25) is 0 Å². The van der Waals surface area contributed by atoms with E-state index >= 15 is 0 Å². The molecule has 0 amide bonds. The van der Waals surface area contributed by atoms with Crippen LogP contribution in [0.1, 0.15) is 25.3 Å². The minimum Gasteiger partial charge on any atom is -0.423 e. The van der Waals surface area contributed by atoms with E-state index in [1.54, 1.807) is 0 Å². The zero-order chi connectivity index (χ0) is 12.0. The Morgan fingerprint density at radius 1 is 1.38 bits per heavy atom. The van der Waals surface area contributed by atoms with Crippen LogP contribution in [0.5, 0.6) is 0 Å². The maximum atomic E-state index is 12.9. The first-order valence-corrected chi connectivity index (χ1v) is 5.37. The van der Waals surface area contributed by atoms with E-state index in [-0.39, 0.29) is 12.1 Å². The number of hydrogen-bond acceptors (Lipinski definition) is 3. The highest BCUT2D eigenvalue weighted by Crippen LogP contribution is 2.04. The maximum absolute atomic E-state index is 12.9. The standard InChI is InChI=1S/C11H16BFO3/c1-2-3-6-16-8-9-4-5-10(13)7-11(9)12(14)15/h4-5,7,14-15H,2-3,6,8H2,1H3. The molecule has 1 rings (SSSR count). The summed E-state index contributed by atoms with van der Waals surface area (Å²) in [4.78, 5) is 0. The number of halogens is 1. The Hall–Kier alpha value is -0.905.